The summed E-state index contributed by atoms with van der Waals surface area (Å²) >= 11 is 18.0. The normalized spacial score (nSPS) is 10.8. The van der Waals surface area contributed by atoms with Gasteiger partial charge in [-0.1, -0.05) is 23.2 Å². The van der Waals surface area contributed by atoms with Crippen molar-refractivity contribution < 1.29 is 0 Å². The van der Waals surface area contributed by atoms with E-state index in [4.69, 9.17) is 34.8 Å². The Morgan fingerprint density at radius 2 is 1.85 bits per heavy atom. The summed E-state index contributed by atoms with van der Waals surface area (Å²) in [6.45, 7) is 0. The second-order valence-corrected chi connectivity index (χ2v) is 5.00. The predicted octanol–water partition coefficient (Wildman–Crippen LogP) is 3.68. The highest BCUT2D eigenvalue weighted by Crippen LogP contribution is 2.29. The Balaban J connectivity index is 2.17. The average molecular weight is 327 g/mol. The molecule has 5 nitrogen and oxygen atoms in total. The molecule has 0 aliphatic heterocycles. The minimum atomic E-state index is 0.0646. The quantitative estimate of drug-likeness (QED) is 0.721. The monoisotopic (exact) mass is 325 g/mol. The van der Waals surface area contributed by atoms with Crippen LogP contribution in [0.4, 0.5) is 0 Å². The highest BCUT2D eigenvalue weighted by molar-refractivity contribution is 6.35. The molecule has 0 fully saturated rings. The van der Waals surface area contributed by atoms with Gasteiger partial charge in [0.25, 0.3) is 0 Å². The van der Waals surface area contributed by atoms with Crippen molar-refractivity contribution in [2.45, 2.75) is 0 Å². The topological polar surface area (TPSA) is 56.5 Å². The van der Waals surface area contributed by atoms with Gasteiger partial charge in [-0.15, -0.1) is 0 Å². The molecule has 1 aromatic carbocycles. The van der Waals surface area contributed by atoms with Gasteiger partial charge in [0.05, 0.1) is 5.02 Å². The number of benzene rings is 1. The van der Waals surface area contributed by atoms with Gasteiger partial charge in [-0.05, 0) is 29.8 Å². The molecule has 0 radical (unpaired) electrons. The summed E-state index contributed by atoms with van der Waals surface area (Å²) in [4.78, 5) is 16.4. The first-order chi connectivity index (χ1) is 9.63. The van der Waals surface area contributed by atoms with Crippen LogP contribution in [0.3, 0.4) is 0 Å². The SMILES string of the molecule is Clc1ccc(Cl)c(-c2nc(Cl)nc(-n3ccnc3)n2)c1. The summed E-state index contributed by atoms with van der Waals surface area (Å²) in [5.41, 5.74) is 0.588. The molecule has 100 valence electrons. The van der Waals surface area contributed by atoms with E-state index in [1.54, 1.807) is 41.5 Å². The molecule has 20 heavy (non-hydrogen) atoms. The van der Waals surface area contributed by atoms with E-state index >= 15 is 0 Å². The molecule has 0 N–H and O–H groups in total. The van der Waals surface area contributed by atoms with E-state index in [1.807, 2.05) is 0 Å². The molecular weight excluding hydrogens is 321 g/mol. The van der Waals surface area contributed by atoms with E-state index in [2.05, 4.69) is 19.9 Å². The van der Waals surface area contributed by atoms with Gasteiger partial charge in [0.15, 0.2) is 5.82 Å². The van der Waals surface area contributed by atoms with Crippen molar-refractivity contribution in [3.05, 3.63) is 52.2 Å². The third-order valence-corrected chi connectivity index (χ3v) is 3.23. The lowest BCUT2D eigenvalue weighted by molar-refractivity contribution is 0.899. The lowest BCUT2D eigenvalue weighted by Crippen LogP contribution is -2.03. The Labute approximate surface area is 129 Å². The molecule has 0 aliphatic rings. The first-order valence-corrected chi connectivity index (χ1v) is 6.62. The van der Waals surface area contributed by atoms with Crippen molar-refractivity contribution >= 4 is 34.8 Å². The second-order valence-electron chi connectivity index (χ2n) is 3.82. The molecule has 3 aromatic rings. The maximum absolute atomic E-state index is 6.14. The first-order valence-electron chi connectivity index (χ1n) is 5.49. The summed E-state index contributed by atoms with van der Waals surface area (Å²) in [6.07, 6.45) is 4.88. The van der Waals surface area contributed by atoms with E-state index in [1.165, 1.54) is 0 Å². The van der Waals surface area contributed by atoms with Crippen LogP contribution in [-0.2, 0) is 0 Å². The Kier molecular flexibility index (Phi) is 3.56. The molecule has 0 unspecified atom stereocenters. The zero-order valence-corrected chi connectivity index (χ0v) is 12.1. The minimum absolute atomic E-state index is 0.0646. The smallest absolute Gasteiger partial charge is 0.239 e. The van der Waals surface area contributed by atoms with E-state index in [0.29, 0.717) is 27.4 Å². The Morgan fingerprint density at radius 3 is 2.60 bits per heavy atom. The third kappa shape index (κ3) is 2.60. The molecule has 0 spiro atoms. The van der Waals surface area contributed by atoms with E-state index in [0.717, 1.165) is 0 Å². The van der Waals surface area contributed by atoms with E-state index in [9.17, 15) is 0 Å². The third-order valence-electron chi connectivity index (χ3n) is 2.50. The lowest BCUT2D eigenvalue weighted by Gasteiger charge is -2.06. The van der Waals surface area contributed by atoms with Gasteiger partial charge < -0.3 is 0 Å². The molecule has 0 saturated carbocycles. The molecule has 3 rings (SSSR count). The zero-order valence-electron chi connectivity index (χ0n) is 9.83. The van der Waals surface area contributed by atoms with Crippen LogP contribution in [0.2, 0.25) is 15.3 Å². The summed E-state index contributed by atoms with van der Waals surface area (Å²) < 4.78 is 1.62. The predicted molar refractivity (Wildman–Crippen MR) is 77.4 cm³/mol. The Hall–Kier alpha value is -1.69. The van der Waals surface area contributed by atoms with Gasteiger partial charge in [-0.25, -0.2) is 4.98 Å². The van der Waals surface area contributed by atoms with Crippen molar-refractivity contribution in [1.29, 1.82) is 0 Å². The highest BCUT2D eigenvalue weighted by Gasteiger charge is 2.12. The summed E-state index contributed by atoms with van der Waals surface area (Å²) in [6, 6.07) is 5.04. The van der Waals surface area contributed by atoms with Gasteiger partial charge in [0, 0.05) is 23.0 Å². The van der Waals surface area contributed by atoms with Gasteiger partial charge in [0.2, 0.25) is 11.2 Å². The van der Waals surface area contributed by atoms with Crippen LogP contribution in [0.15, 0.2) is 36.9 Å². The maximum Gasteiger partial charge on any atom is 0.239 e. The molecule has 0 amide bonds. The number of hydrogen-bond donors (Lipinski definition) is 0. The Morgan fingerprint density at radius 1 is 1.00 bits per heavy atom. The number of halogens is 3. The van der Waals surface area contributed by atoms with Crippen LogP contribution in [-0.4, -0.2) is 24.5 Å². The van der Waals surface area contributed by atoms with Gasteiger partial charge in [-0.3, -0.25) is 4.57 Å². The Bertz CT molecular complexity index is 758. The van der Waals surface area contributed by atoms with E-state index in [-0.39, 0.29) is 5.28 Å². The lowest BCUT2D eigenvalue weighted by atomic mass is 10.2. The van der Waals surface area contributed by atoms with Crippen LogP contribution in [0.25, 0.3) is 17.3 Å². The maximum atomic E-state index is 6.14. The largest absolute Gasteiger partial charge is 0.274 e. The van der Waals surface area contributed by atoms with Crippen molar-refractivity contribution in [3.63, 3.8) is 0 Å². The summed E-state index contributed by atoms with van der Waals surface area (Å²) in [5.74, 6) is 0.703. The van der Waals surface area contributed by atoms with E-state index < -0.39 is 0 Å². The first kappa shape index (κ1) is 13.3. The second kappa shape index (κ2) is 5.36. The van der Waals surface area contributed by atoms with Crippen LogP contribution in [0.5, 0.6) is 0 Å². The number of hydrogen-bond acceptors (Lipinski definition) is 4. The molecule has 0 aliphatic carbocycles. The number of imidazole rings is 1. The molecular formula is C12H6Cl3N5. The van der Waals surface area contributed by atoms with Gasteiger partial charge in [-0.2, -0.15) is 15.0 Å². The van der Waals surface area contributed by atoms with Gasteiger partial charge >= 0.3 is 0 Å². The molecule has 2 heterocycles. The zero-order chi connectivity index (χ0) is 14.1. The molecule has 0 atom stereocenters. The van der Waals surface area contributed by atoms with Crippen LogP contribution >= 0.6 is 34.8 Å². The summed E-state index contributed by atoms with van der Waals surface area (Å²) in [7, 11) is 0. The fraction of sp³-hybridized carbons (Fsp3) is 0. The fourth-order valence-electron chi connectivity index (χ4n) is 1.62. The standard InChI is InChI=1S/C12H6Cl3N5/c13-7-1-2-9(14)8(5-7)10-17-11(15)19-12(18-10)20-4-3-16-6-20/h1-6H. The minimum Gasteiger partial charge on any atom is -0.274 e. The summed E-state index contributed by atoms with van der Waals surface area (Å²) in [5, 5.41) is 1.08. The van der Waals surface area contributed by atoms with Crippen LogP contribution < -0.4 is 0 Å². The van der Waals surface area contributed by atoms with Crippen molar-refractivity contribution in [2.75, 3.05) is 0 Å². The number of nitrogens with zero attached hydrogens (tertiary/aromatic N) is 5. The molecule has 0 saturated heterocycles. The van der Waals surface area contributed by atoms with Crippen molar-refractivity contribution in [3.8, 4) is 17.3 Å². The van der Waals surface area contributed by atoms with Crippen LogP contribution in [0, 0.1) is 0 Å². The number of aromatic nitrogens is 5. The van der Waals surface area contributed by atoms with Gasteiger partial charge in [0.1, 0.15) is 6.33 Å². The average Bonchev–Trinajstić information content (AvgIpc) is 2.95. The molecule has 2 aromatic heterocycles. The molecule has 0 bridgehead atoms. The highest BCUT2D eigenvalue weighted by atomic mass is 35.5. The number of rotatable bonds is 2. The molecule has 8 heteroatoms. The fourth-order valence-corrected chi connectivity index (χ4v) is 2.15. The van der Waals surface area contributed by atoms with Crippen molar-refractivity contribution in [2.24, 2.45) is 0 Å². The van der Waals surface area contributed by atoms with Crippen LogP contribution in [0.1, 0.15) is 0 Å². The van der Waals surface area contributed by atoms with Crippen molar-refractivity contribution in [1.82, 2.24) is 24.5 Å².